The van der Waals surface area contributed by atoms with Gasteiger partial charge in [-0.05, 0) is 19.9 Å². The van der Waals surface area contributed by atoms with Gasteiger partial charge in [-0.1, -0.05) is 25.9 Å². The lowest BCUT2D eigenvalue weighted by Gasteiger charge is -2.12. The average Bonchev–Trinajstić information content (AvgIpc) is 2.75. The Balaban J connectivity index is 0.00000242. The van der Waals surface area contributed by atoms with Gasteiger partial charge in [0.1, 0.15) is 0 Å². The Morgan fingerprint density at radius 3 is 2.27 bits per heavy atom. The van der Waals surface area contributed by atoms with E-state index in [9.17, 15) is 0 Å². The fraction of sp³-hybridized carbons (Fsp3) is 0.429. The highest BCUT2D eigenvalue weighted by molar-refractivity contribution is 5.92. The van der Waals surface area contributed by atoms with Crippen molar-refractivity contribution in [1.82, 2.24) is 15.1 Å². The summed E-state index contributed by atoms with van der Waals surface area (Å²) in [7, 11) is 0. The fourth-order valence-electron chi connectivity index (χ4n) is 1.71. The molecule has 0 aliphatic heterocycles. The Morgan fingerprint density at radius 2 is 1.77 bits per heavy atom. The molecule has 0 aliphatic carbocycles. The molecule has 22 heavy (non-hydrogen) atoms. The predicted molar refractivity (Wildman–Crippen MR) is 88.9 cm³/mol. The Labute approximate surface area is 135 Å². The number of aliphatic imine (C=N–C) groups is 1. The average molecular weight is 325 g/mol. The van der Waals surface area contributed by atoms with Crippen LogP contribution in [0.4, 0.5) is 11.8 Å². The van der Waals surface area contributed by atoms with Crippen LogP contribution in [0.2, 0.25) is 0 Å². The Hall–Kier alpha value is -2.15. The second-order valence-corrected chi connectivity index (χ2v) is 5.90. The SMILES string of the molecule is Cc1cc(C)nc(N/C(N)=N/c2cc(C(C)(C)C)no2)n1.Cl. The van der Waals surface area contributed by atoms with Gasteiger partial charge in [-0.25, -0.2) is 9.97 Å². The maximum atomic E-state index is 5.83. The number of nitrogens with one attached hydrogen (secondary N) is 1. The summed E-state index contributed by atoms with van der Waals surface area (Å²) in [5.41, 5.74) is 8.25. The minimum Gasteiger partial charge on any atom is -0.369 e. The molecule has 0 spiro atoms. The summed E-state index contributed by atoms with van der Waals surface area (Å²) in [6.07, 6.45) is 0. The molecule has 3 N–H and O–H groups in total. The van der Waals surface area contributed by atoms with Gasteiger partial charge >= 0.3 is 0 Å². The van der Waals surface area contributed by atoms with Gasteiger partial charge < -0.3 is 10.3 Å². The molecular weight excluding hydrogens is 304 g/mol. The van der Waals surface area contributed by atoms with Crippen LogP contribution in [0.1, 0.15) is 37.9 Å². The van der Waals surface area contributed by atoms with E-state index in [-0.39, 0.29) is 23.8 Å². The van der Waals surface area contributed by atoms with Crippen molar-refractivity contribution in [2.75, 3.05) is 5.32 Å². The molecular formula is C14H21ClN6O. The van der Waals surface area contributed by atoms with Crippen LogP contribution in [-0.2, 0) is 5.41 Å². The summed E-state index contributed by atoms with van der Waals surface area (Å²) in [6, 6.07) is 3.64. The number of aryl methyl sites for hydroxylation is 2. The van der Waals surface area contributed by atoms with Crippen LogP contribution >= 0.6 is 12.4 Å². The first-order valence-electron chi connectivity index (χ1n) is 6.65. The van der Waals surface area contributed by atoms with Crippen LogP contribution < -0.4 is 11.1 Å². The lowest BCUT2D eigenvalue weighted by molar-refractivity contribution is 0.401. The molecule has 0 radical (unpaired) electrons. The Kier molecular flexibility index (Phi) is 5.48. The maximum Gasteiger partial charge on any atom is 0.253 e. The zero-order chi connectivity index (χ0) is 15.6. The normalized spacial score (nSPS) is 12.0. The van der Waals surface area contributed by atoms with E-state index in [2.05, 4.69) is 25.4 Å². The van der Waals surface area contributed by atoms with Gasteiger partial charge in [0.05, 0.1) is 5.69 Å². The highest BCUT2D eigenvalue weighted by Gasteiger charge is 2.18. The molecule has 0 aromatic carbocycles. The minimum atomic E-state index is -0.101. The summed E-state index contributed by atoms with van der Waals surface area (Å²) < 4.78 is 5.15. The van der Waals surface area contributed by atoms with E-state index < -0.39 is 0 Å². The monoisotopic (exact) mass is 324 g/mol. The zero-order valence-electron chi connectivity index (χ0n) is 13.3. The Morgan fingerprint density at radius 1 is 1.18 bits per heavy atom. The smallest absolute Gasteiger partial charge is 0.253 e. The van der Waals surface area contributed by atoms with E-state index in [1.165, 1.54) is 0 Å². The molecule has 120 valence electrons. The van der Waals surface area contributed by atoms with Crippen molar-refractivity contribution in [3.05, 3.63) is 29.2 Å². The third kappa shape index (κ3) is 4.70. The number of halogens is 1. The van der Waals surface area contributed by atoms with E-state index in [0.29, 0.717) is 11.8 Å². The number of hydrogen-bond acceptors (Lipinski definition) is 5. The Bertz CT molecular complexity index is 654. The molecule has 0 amide bonds. The number of guanidine groups is 1. The largest absolute Gasteiger partial charge is 0.369 e. The molecule has 0 saturated carbocycles. The molecule has 7 nitrogen and oxygen atoms in total. The maximum absolute atomic E-state index is 5.83. The third-order valence-electron chi connectivity index (χ3n) is 2.72. The second kappa shape index (κ2) is 6.74. The van der Waals surface area contributed by atoms with Crippen molar-refractivity contribution < 1.29 is 4.52 Å². The molecule has 8 heteroatoms. The standard InChI is InChI=1S/C14H20N6O.ClH/c1-8-6-9(2)17-13(16-8)19-12(15)18-11-7-10(20-21-11)14(3,4)5;/h6-7H,1-5H3,(H3,15,16,17,18,19);1H. The van der Waals surface area contributed by atoms with Gasteiger partial charge in [0.15, 0.2) is 0 Å². The molecule has 0 saturated heterocycles. The number of nitrogens with two attached hydrogens (primary N) is 1. The second-order valence-electron chi connectivity index (χ2n) is 5.90. The van der Waals surface area contributed by atoms with Crippen molar-refractivity contribution in [3.63, 3.8) is 0 Å². The number of anilines is 1. The van der Waals surface area contributed by atoms with E-state index in [1.807, 2.05) is 40.7 Å². The van der Waals surface area contributed by atoms with Gasteiger partial charge in [0.2, 0.25) is 11.9 Å². The summed E-state index contributed by atoms with van der Waals surface area (Å²) in [5, 5.41) is 6.82. The summed E-state index contributed by atoms with van der Waals surface area (Å²) >= 11 is 0. The minimum absolute atomic E-state index is 0. The summed E-state index contributed by atoms with van der Waals surface area (Å²) in [5.74, 6) is 0.898. The first kappa shape index (κ1) is 17.9. The molecule has 0 fully saturated rings. The van der Waals surface area contributed by atoms with Crippen LogP contribution in [0.5, 0.6) is 0 Å². The van der Waals surface area contributed by atoms with Crippen molar-refractivity contribution in [2.24, 2.45) is 10.7 Å². The molecule has 2 rings (SSSR count). The van der Waals surface area contributed by atoms with E-state index in [1.54, 1.807) is 6.07 Å². The molecule has 2 heterocycles. The fourth-order valence-corrected chi connectivity index (χ4v) is 1.71. The molecule has 0 bridgehead atoms. The third-order valence-corrected chi connectivity index (χ3v) is 2.72. The highest BCUT2D eigenvalue weighted by atomic mass is 35.5. The molecule has 0 unspecified atom stereocenters. The summed E-state index contributed by atoms with van der Waals surface area (Å²) in [4.78, 5) is 12.6. The predicted octanol–water partition coefficient (Wildman–Crippen LogP) is 2.86. The van der Waals surface area contributed by atoms with Crippen LogP contribution in [0, 0.1) is 13.8 Å². The number of rotatable bonds is 2. The van der Waals surface area contributed by atoms with Crippen LogP contribution in [0.15, 0.2) is 21.6 Å². The van der Waals surface area contributed by atoms with Crippen LogP contribution in [0.25, 0.3) is 0 Å². The molecule has 2 aromatic heterocycles. The lowest BCUT2D eigenvalue weighted by Crippen LogP contribution is -2.23. The quantitative estimate of drug-likeness (QED) is 0.650. The van der Waals surface area contributed by atoms with E-state index in [4.69, 9.17) is 10.3 Å². The molecule has 0 aliphatic rings. The lowest BCUT2D eigenvalue weighted by atomic mass is 9.92. The highest BCUT2D eigenvalue weighted by Crippen LogP contribution is 2.24. The number of aromatic nitrogens is 3. The first-order valence-corrected chi connectivity index (χ1v) is 6.65. The zero-order valence-corrected chi connectivity index (χ0v) is 14.2. The van der Waals surface area contributed by atoms with Gasteiger partial charge in [-0.3, -0.25) is 5.32 Å². The van der Waals surface area contributed by atoms with Gasteiger partial charge in [-0.15, -0.1) is 12.4 Å². The van der Waals surface area contributed by atoms with Crippen molar-refractivity contribution in [3.8, 4) is 0 Å². The van der Waals surface area contributed by atoms with Crippen molar-refractivity contribution >= 4 is 30.2 Å². The van der Waals surface area contributed by atoms with E-state index in [0.717, 1.165) is 17.1 Å². The number of hydrogen-bond donors (Lipinski definition) is 2. The molecule has 2 aromatic rings. The molecule has 0 atom stereocenters. The summed E-state index contributed by atoms with van der Waals surface area (Å²) in [6.45, 7) is 9.91. The van der Waals surface area contributed by atoms with Crippen molar-refractivity contribution in [1.29, 1.82) is 0 Å². The van der Waals surface area contributed by atoms with E-state index >= 15 is 0 Å². The first-order chi connectivity index (χ1) is 9.74. The van der Waals surface area contributed by atoms with Gasteiger partial charge in [0.25, 0.3) is 5.88 Å². The van der Waals surface area contributed by atoms with Crippen LogP contribution in [0.3, 0.4) is 0 Å². The van der Waals surface area contributed by atoms with Gasteiger partial charge in [0, 0.05) is 22.9 Å². The van der Waals surface area contributed by atoms with Gasteiger partial charge in [-0.2, -0.15) is 4.99 Å². The topological polar surface area (TPSA) is 102 Å². The van der Waals surface area contributed by atoms with Crippen LogP contribution in [-0.4, -0.2) is 21.1 Å². The number of nitrogens with zero attached hydrogens (tertiary/aromatic N) is 4. The van der Waals surface area contributed by atoms with Crippen molar-refractivity contribution in [2.45, 2.75) is 40.0 Å².